The van der Waals surface area contributed by atoms with Crippen molar-refractivity contribution < 1.29 is 13.9 Å². The molecule has 6 nitrogen and oxygen atoms in total. The Kier molecular flexibility index (Phi) is 7.51. The van der Waals surface area contributed by atoms with Crippen molar-refractivity contribution in [3.8, 4) is 5.75 Å². The summed E-state index contributed by atoms with van der Waals surface area (Å²) < 4.78 is 19.2. The molecule has 1 heterocycles. The number of benzene rings is 2. The topological polar surface area (TPSA) is 76.5 Å². The van der Waals surface area contributed by atoms with Gasteiger partial charge in [0.2, 0.25) is 0 Å². The van der Waals surface area contributed by atoms with Crippen LogP contribution in [-0.4, -0.2) is 27.8 Å². The lowest BCUT2D eigenvalue weighted by atomic mass is 10.2. The Morgan fingerprint density at radius 2 is 1.83 bits per heavy atom. The largest absolute Gasteiger partial charge is 0.489 e. The van der Waals surface area contributed by atoms with Crippen molar-refractivity contribution in [2.75, 3.05) is 5.75 Å². The lowest BCUT2D eigenvalue weighted by molar-refractivity contribution is -0.118. The maximum absolute atomic E-state index is 13.6. The van der Waals surface area contributed by atoms with Gasteiger partial charge >= 0.3 is 0 Å². The zero-order chi connectivity index (χ0) is 21.3. The van der Waals surface area contributed by atoms with Crippen molar-refractivity contribution in [1.82, 2.24) is 15.4 Å². The zero-order valence-electron chi connectivity index (χ0n) is 16.6. The summed E-state index contributed by atoms with van der Waals surface area (Å²) in [7, 11) is 0. The van der Waals surface area contributed by atoms with Gasteiger partial charge in [0, 0.05) is 17.0 Å². The van der Waals surface area contributed by atoms with Gasteiger partial charge in [0.1, 0.15) is 18.2 Å². The number of thioether (sulfide) groups is 1. The molecule has 0 bridgehead atoms. The molecule has 3 rings (SSSR count). The number of carbonyl (C=O) groups excluding carboxylic acids is 1. The molecule has 2 aromatic carbocycles. The van der Waals surface area contributed by atoms with Crippen LogP contribution < -0.4 is 10.2 Å². The maximum Gasteiger partial charge on any atom is 0.250 e. The van der Waals surface area contributed by atoms with Gasteiger partial charge in [-0.1, -0.05) is 30.0 Å². The van der Waals surface area contributed by atoms with E-state index in [1.54, 1.807) is 42.5 Å². The fourth-order valence-corrected chi connectivity index (χ4v) is 3.27. The Bertz CT molecular complexity index is 1020. The molecule has 8 heteroatoms. The highest BCUT2D eigenvalue weighted by Gasteiger charge is 2.05. The predicted octanol–water partition coefficient (Wildman–Crippen LogP) is 4.05. The van der Waals surface area contributed by atoms with Gasteiger partial charge in [-0.2, -0.15) is 5.10 Å². The molecule has 1 aromatic heterocycles. The van der Waals surface area contributed by atoms with E-state index in [1.165, 1.54) is 24.0 Å². The lowest BCUT2D eigenvalue weighted by Gasteiger charge is -2.07. The van der Waals surface area contributed by atoms with Crippen LogP contribution in [0.1, 0.15) is 22.5 Å². The Hall–Kier alpha value is -3.26. The van der Waals surface area contributed by atoms with E-state index in [0.29, 0.717) is 16.5 Å². The SMILES string of the molecule is Cc1cc(C)nc(SCC(=O)N/N=C\c2ccc(OCc3ccccc3F)cc2)n1. The van der Waals surface area contributed by atoms with Gasteiger partial charge in [0.05, 0.1) is 12.0 Å². The van der Waals surface area contributed by atoms with Crippen molar-refractivity contribution in [3.05, 3.63) is 82.9 Å². The average molecular weight is 425 g/mol. The van der Waals surface area contributed by atoms with Crippen LogP contribution in [-0.2, 0) is 11.4 Å². The van der Waals surface area contributed by atoms with Crippen LogP contribution >= 0.6 is 11.8 Å². The standard InChI is InChI=1S/C22H21FN4O2S/c1-15-11-16(2)26-22(25-15)30-14-21(28)27-24-12-17-7-9-19(10-8-17)29-13-18-5-3-4-6-20(18)23/h3-12H,13-14H2,1-2H3,(H,27,28)/b24-12-. The summed E-state index contributed by atoms with van der Waals surface area (Å²) in [4.78, 5) is 20.5. The van der Waals surface area contributed by atoms with Gasteiger partial charge in [0.25, 0.3) is 5.91 Å². The highest BCUT2D eigenvalue weighted by atomic mass is 32.2. The second-order valence-electron chi connectivity index (χ2n) is 6.46. The molecule has 30 heavy (non-hydrogen) atoms. The number of aryl methyl sites for hydroxylation is 2. The number of hydrogen-bond acceptors (Lipinski definition) is 6. The third-order valence-corrected chi connectivity index (χ3v) is 4.78. The number of nitrogens with zero attached hydrogens (tertiary/aromatic N) is 3. The molecule has 3 aromatic rings. The summed E-state index contributed by atoms with van der Waals surface area (Å²) in [5, 5.41) is 4.52. The Labute approximate surface area is 178 Å². The molecule has 0 aliphatic carbocycles. The molecular formula is C22H21FN4O2S. The maximum atomic E-state index is 13.6. The second-order valence-corrected chi connectivity index (χ2v) is 7.41. The molecule has 0 spiro atoms. The van der Waals surface area contributed by atoms with E-state index in [4.69, 9.17) is 4.74 Å². The summed E-state index contributed by atoms with van der Waals surface area (Å²) in [6.45, 7) is 3.93. The summed E-state index contributed by atoms with van der Waals surface area (Å²) in [5.74, 6) is 0.246. The summed E-state index contributed by atoms with van der Waals surface area (Å²) in [6, 6.07) is 15.5. The van der Waals surface area contributed by atoms with Crippen molar-refractivity contribution in [1.29, 1.82) is 0 Å². The smallest absolute Gasteiger partial charge is 0.250 e. The molecule has 0 fully saturated rings. The van der Waals surface area contributed by atoms with E-state index in [1.807, 2.05) is 19.9 Å². The quantitative estimate of drug-likeness (QED) is 0.255. The first-order valence-corrected chi connectivity index (χ1v) is 10.2. The van der Waals surface area contributed by atoms with Crippen LogP contribution in [0.25, 0.3) is 0 Å². The molecule has 0 saturated carbocycles. The number of rotatable bonds is 8. The van der Waals surface area contributed by atoms with Crippen LogP contribution in [0.4, 0.5) is 4.39 Å². The van der Waals surface area contributed by atoms with Crippen LogP contribution in [0, 0.1) is 19.7 Å². The van der Waals surface area contributed by atoms with E-state index in [0.717, 1.165) is 17.0 Å². The number of nitrogens with one attached hydrogen (secondary N) is 1. The minimum Gasteiger partial charge on any atom is -0.489 e. The highest BCUT2D eigenvalue weighted by Crippen LogP contribution is 2.15. The summed E-state index contributed by atoms with van der Waals surface area (Å²) in [5.41, 5.74) is 5.50. The minimum atomic E-state index is -0.292. The van der Waals surface area contributed by atoms with Crippen molar-refractivity contribution in [2.24, 2.45) is 5.10 Å². The van der Waals surface area contributed by atoms with Gasteiger partial charge in [0.15, 0.2) is 5.16 Å². The van der Waals surface area contributed by atoms with Crippen LogP contribution in [0.5, 0.6) is 5.75 Å². The molecule has 0 radical (unpaired) electrons. The Balaban J connectivity index is 1.44. The van der Waals surface area contributed by atoms with E-state index < -0.39 is 0 Å². The highest BCUT2D eigenvalue weighted by molar-refractivity contribution is 7.99. The van der Waals surface area contributed by atoms with Gasteiger partial charge in [-0.05, 0) is 55.8 Å². The number of hydrazone groups is 1. The monoisotopic (exact) mass is 424 g/mol. The minimum absolute atomic E-state index is 0.151. The normalized spacial score (nSPS) is 10.9. The van der Waals surface area contributed by atoms with Gasteiger partial charge in [-0.25, -0.2) is 19.8 Å². The number of halogens is 1. The average Bonchev–Trinajstić information content (AvgIpc) is 2.72. The van der Waals surface area contributed by atoms with Crippen molar-refractivity contribution >= 4 is 23.9 Å². The van der Waals surface area contributed by atoms with Gasteiger partial charge < -0.3 is 4.74 Å². The van der Waals surface area contributed by atoms with E-state index in [-0.39, 0.29) is 24.1 Å². The van der Waals surface area contributed by atoms with Crippen molar-refractivity contribution in [2.45, 2.75) is 25.6 Å². The molecule has 0 saturated heterocycles. The van der Waals surface area contributed by atoms with Crippen molar-refractivity contribution in [3.63, 3.8) is 0 Å². The third kappa shape index (κ3) is 6.66. The van der Waals surface area contributed by atoms with E-state index in [9.17, 15) is 9.18 Å². The number of hydrogen-bond donors (Lipinski definition) is 1. The summed E-state index contributed by atoms with van der Waals surface area (Å²) in [6.07, 6.45) is 1.54. The molecular weight excluding hydrogens is 403 g/mol. The van der Waals surface area contributed by atoms with Gasteiger partial charge in [-0.15, -0.1) is 0 Å². The molecule has 154 valence electrons. The first-order chi connectivity index (χ1) is 14.5. The van der Waals surface area contributed by atoms with E-state index >= 15 is 0 Å². The Morgan fingerprint density at radius 1 is 1.13 bits per heavy atom. The van der Waals surface area contributed by atoms with Gasteiger partial charge in [-0.3, -0.25) is 4.79 Å². The third-order valence-electron chi connectivity index (χ3n) is 3.93. The number of ether oxygens (including phenoxy) is 1. The molecule has 1 amide bonds. The van der Waals surface area contributed by atoms with Crippen LogP contribution in [0.2, 0.25) is 0 Å². The fraction of sp³-hybridized carbons (Fsp3) is 0.182. The molecule has 0 aliphatic rings. The molecule has 0 unspecified atom stereocenters. The molecule has 0 aliphatic heterocycles. The zero-order valence-corrected chi connectivity index (χ0v) is 17.4. The fourth-order valence-electron chi connectivity index (χ4n) is 2.53. The van der Waals surface area contributed by atoms with Crippen LogP contribution in [0.15, 0.2) is 64.9 Å². The number of carbonyl (C=O) groups is 1. The molecule has 1 N–H and O–H groups in total. The van der Waals surface area contributed by atoms with Crippen LogP contribution in [0.3, 0.4) is 0 Å². The Morgan fingerprint density at radius 3 is 2.53 bits per heavy atom. The first-order valence-electron chi connectivity index (χ1n) is 9.23. The summed E-state index contributed by atoms with van der Waals surface area (Å²) >= 11 is 1.26. The lowest BCUT2D eigenvalue weighted by Crippen LogP contribution is -2.19. The predicted molar refractivity (Wildman–Crippen MR) is 115 cm³/mol. The second kappa shape index (κ2) is 10.5. The van der Waals surface area contributed by atoms with E-state index in [2.05, 4.69) is 20.5 Å². The number of aromatic nitrogens is 2. The number of amides is 1. The first kappa shape index (κ1) is 21.4. The molecule has 0 atom stereocenters.